The molecule has 3 rings (SSSR count). The summed E-state index contributed by atoms with van der Waals surface area (Å²) in [5.74, 6) is 1.62. The third-order valence-corrected chi connectivity index (χ3v) is 5.49. The third kappa shape index (κ3) is 4.89. The van der Waals surface area contributed by atoms with Crippen molar-refractivity contribution in [3.63, 3.8) is 0 Å². The predicted octanol–water partition coefficient (Wildman–Crippen LogP) is 4.21. The van der Waals surface area contributed by atoms with Gasteiger partial charge in [0.05, 0.1) is 13.2 Å². The zero-order chi connectivity index (χ0) is 19.2. The Hall–Kier alpha value is -2.33. The van der Waals surface area contributed by atoms with Crippen LogP contribution in [-0.4, -0.2) is 37.6 Å². The van der Waals surface area contributed by atoms with Crippen LogP contribution in [0.2, 0.25) is 0 Å². The average Bonchev–Trinajstić information content (AvgIpc) is 2.69. The highest BCUT2D eigenvalue weighted by Gasteiger charge is 2.27. The minimum absolute atomic E-state index is 0.0241. The first-order valence-electron chi connectivity index (χ1n) is 9.80. The van der Waals surface area contributed by atoms with Gasteiger partial charge in [0.25, 0.3) is 5.91 Å². The zero-order valence-corrected chi connectivity index (χ0v) is 16.6. The Morgan fingerprint density at radius 2 is 1.93 bits per heavy atom. The molecule has 1 fully saturated rings. The Kier molecular flexibility index (Phi) is 6.51. The number of para-hydroxylation sites is 1. The lowest BCUT2D eigenvalue weighted by Gasteiger charge is -2.37. The molecular weight excluding hydrogens is 336 g/mol. The van der Waals surface area contributed by atoms with Gasteiger partial charge in [0.15, 0.2) is 0 Å². The van der Waals surface area contributed by atoms with Crippen LogP contribution in [0.4, 0.5) is 0 Å². The highest BCUT2D eigenvalue weighted by Crippen LogP contribution is 2.32. The quantitative estimate of drug-likeness (QED) is 0.833. The van der Waals surface area contributed by atoms with Gasteiger partial charge in [-0.15, -0.1) is 0 Å². The number of hydrogen-bond acceptors (Lipinski definition) is 3. The van der Waals surface area contributed by atoms with Gasteiger partial charge in [-0.3, -0.25) is 9.69 Å². The van der Waals surface area contributed by atoms with Gasteiger partial charge in [-0.2, -0.15) is 0 Å². The molecule has 0 bridgehead atoms. The molecule has 2 aromatic rings. The van der Waals surface area contributed by atoms with E-state index in [1.54, 1.807) is 7.11 Å². The largest absolute Gasteiger partial charge is 0.496 e. The van der Waals surface area contributed by atoms with Crippen LogP contribution in [0.3, 0.4) is 0 Å². The first-order valence-corrected chi connectivity index (χ1v) is 9.80. The molecule has 1 N–H and O–H groups in total. The van der Waals surface area contributed by atoms with E-state index < -0.39 is 0 Å². The monoisotopic (exact) mass is 366 g/mol. The van der Waals surface area contributed by atoms with Gasteiger partial charge in [0.2, 0.25) is 0 Å². The molecule has 1 unspecified atom stereocenters. The van der Waals surface area contributed by atoms with E-state index in [1.165, 1.54) is 12.8 Å². The summed E-state index contributed by atoms with van der Waals surface area (Å²) in [7, 11) is 1.71. The smallest absolute Gasteiger partial charge is 0.251 e. The normalized spacial score (nSPS) is 16.7. The molecule has 4 nitrogen and oxygen atoms in total. The van der Waals surface area contributed by atoms with Crippen molar-refractivity contribution in [3.8, 4) is 5.75 Å². The third-order valence-electron chi connectivity index (χ3n) is 5.49. The highest BCUT2D eigenvalue weighted by molar-refractivity contribution is 5.94. The summed E-state index contributed by atoms with van der Waals surface area (Å²) >= 11 is 0. The van der Waals surface area contributed by atoms with Crippen LogP contribution >= 0.6 is 0 Å². The molecule has 0 saturated carbocycles. The number of amides is 1. The van der Waals surface area contributed by atoms with Gasteiger partial charge in [0, 0.05) is 17.7 Å². The molecule has 1 aliphatic rings. The van der Waals surface area contributed by atoms with Crippen molar-refractivity contribution in [1.82, 2.24) is 10.2 Å². The van der Waals surface area contributed by atoms with E-state index in [4.69, 9.17) is 4.74 Å². The summed E-state index contributed by atoms with van der Waals surface area (Å²) in [6.45, 7) is 6.98. The second-order valence-corrected chi connectivity index (χ2v) is 7.56. The molecule has 1 atom stereocenters. The molecule has 1 aliphatic heterocycles. The fourth-order valence-electron chi connectivity index (χ4n) is 3.80. The van der Waals surface area contributed by atoms with Crippen LogP contribution in [0, 0.1) is 12.8 Å². The van der Waals surface area contributed by atoms with Gasteiger partial charge in [-0.25, -0.2) is 0 Å². The van der Waals surface area contributed by atoms with E-state index in [2.05, 4.69) is 23.2 Å². The molecule has 1 amide bonds. The number of nitrogens with zero attached hydrogens (tertiary/aromatic N) is 1. The fraction of sp³-hybridized carbons (Fsp3) is 0.435. The van der Waals surface area contributed by atoms with Crippen LogP contribution in [0.15, 0.2) is 48.5 Å². The minimum Gasteiger partial charge on any atom is -0.496 e. The number of likely N-dealkylation sites (tertiary alicyclic amines) is 1. The first kappa shape index (κ1) is 19.4. The van der Waals surface area contributed by atoms with Gasteiger partial charge >= 0.3 is 0 Å². The first-order chi connectivity index (χ1) is 13.1. The second kappa shape index (κ2) is 9.05. The summed E-state index contributed by atoms with van der Waals surface area (Å²) in [5.41, 5.74) is 2.94. The fourth-order valence-corrected chi connectivity index (χ4v) is 3.80. The van der Waals surface area contributed by atoms with E-state index in [-0.39, 0.29) is 11.9 Å². The number of carbonyl (C=O) groups excluding carboxylic acids is 1. The minimum atomic E-state index is -0.0241. The van der Waals surface area contributed by atoms with E-state index in [0.29, 0.717) is 12.1 Å². The second-order valence-electron chi connectivity index (χ2n) is 7.56. The zero-order valence-electron chi connectivity index (χ0n) is 16.6. The van der Waals surface area contributed by atoms with E-state index in [1.807, 2.05) is 49.4 Å². The summed E-state index contributed by atoms with van der Waals surface area (Å²) in [5, 5.41) is 3.15. The number of aryl methyl sites for hydroxylation is 1. The lowest BCUT2D eigenvalue weighted by molar-refractivity contribution is 0.0911. The Morgan fingerprint density at radius 3 is 2.63 bits per heavy atom. The maximum absolute atomic E-state index is 12.7. The molecule has 0 aromatic heterocycles. The number of carbonyl (C=O) groups is 1. The maximum Gasteiger partial charge on any atom is 0.251 e. The van der Waals surface area contributed by atoms with Crippen molar-refractivity contribution < 1.29 is 9.53 Å². The Morgan fingerprint density at radius 1 is 1.19 bits per heavy atom. The standard InChI is InChI=1S/C23H30N2O2/c1-17-11-13-25(14-12-17)21(20-9-4-5-10-22(20)27-3)16-24-23(26)19-8-6-7-18(2)15-19/h4-10,15,17,21H,11-14,16H2,1-3H3,(H,24,26). The van der Waals surface area contributed by atoms with Gasteiger partial charge in [0.1, 0.15) is 5.75 Å². The van der Waals surface area contributed by atoms with Crippen LogP contribution in [0.25, 0.3) is 0 Å². The topological polar surface area (TPSA) is 41.6 Å². The number of rotatable bonds is 6. The molecule has 2 aromatic carbocycles. The number of methoxy groups -OCH3 is 1. The van der Waals surface area contributed by atoms with Gasteiger partial charge < -0.3 is 10.1 Å². The molecule has 1 saturated heterocycles. The van der Waals surface area contributed by atoms with Crippen molar-refractivity contribution >= 4 is 5.91 Å². The molecular formula is C23H30N2O2. The molecule has 0 spiro atoms. The van der Waals surface area contributed by atoms with E-state index in [9.17, 15) is 4.79 Å². The summed E-state index contributed by atoms with van der Waals surface area (Å²) in [4.78, 5) is 15.1. The predicted molar refractivity (Wildman–Crippen MR) is 109 cm³/mol. The average molecular weight is 367 g/mol. The summed E-state index contributed by atoms with van der Waals surface area (Å²) in [6.07, 6.45) is 2.38. The van der Waals surface area contributed by atoms with Gasteiger partial charge in [-0.1, -0.05) is 42.8 Å². The van der Waals surface area contributed by atoms with E-state index >= 15 is 0 Å². The van der Waals surface area contributed by atoms with Crippen molar-refractivity contribution in [1.29, 1.82) is 0 Å². The van der Waals surface area contributed by atoms with Crippen LogP contribution in [-0.2, 0) is 0 Å². The maximum atomic E-state index is 12.7. The van der Waals surface area contributed by atoms with Crippen molar-refractivity contribution in [2.24, 2.45) is 5.92 Å². The lowest BCUT2D eigenvalue weighted by atomic mass is 9.95. The highest BCUT2D eigenvalue weighted by atomic mass is 16.5. The number of hydrogen-bond donors (Lipinski definition) is 1. The SMILES string of the molecule is COc1ccccc1C(CNC(=O)c1cccc(C)c1)N1CCC(C)CC1. The molecule has 0 aliphatic carbocycles. The van der Waals surface area contributed by atoms with Crippen molar-refractivity contribution in [2.45, 2.75) is 32.7 Å². The number of benzene rings is 2. The Labute approximate surface area is 162 Å². The van der Waals surface area contributed by atoms with Crippen molar-refractivity contribution in [2.75, 3.05) is 26.7 Å². The molecule has 27 heavy (non-hydrogen) atoms. The molecule has 4 heteroatoms. The molecule has 144 valence electrons. The van der Waals surface area contributed by atoms with Crippen molar-refractivity contribution in [3.05, 3.63) is 65.2 Å². The van der Waals surface area contributed by atoms with E-state index in [0.717, 1.165) is 35.9 Å². The summed E-state index contributed by atoms with van der Waals surface area (Å²) < 4.78 is 5.61. The Balaban J connectivity index is 1.78. The molecule has 0 radical (unpaired) electrons. The number of ether oxygens (including phenoxy) is 1. The Bertz CT molecular complexity index is 766. The van der Waals surface area contributed by atoms with Crippen LogP contribution in [0.5, 0.6) is 5.75 Å². The lowest BCUT2D eigenvalue weighted by Crippen LogP contribution is -2.42. The number of piperidine rings is 1. The summed E-state index contributed by atoms with van der Waals surface area (Å²) in [6, 6.07) is 16.0. The van der Waals surface area contributed by atoms with Gasteiger partial charge in [-0.05, 0) is 57.0 Å². The van der Waals surface area contributed by atoms with Crippen LogP contribution in [0.1, 0.15) is 47.3 Å². The number of nitrogens with one attached hydrogen (secondary N) is 1. The molecule has 1 heterocycles. The van der Waals surface area contributed by atoms with Crippen LogP contribution < -0.4 is 10.1 Å².